The second-order valence-corrected chi connectivity index (χ2v) is 12.4. The maximum atomic E-state index is 12.8. The summed E-state index contributed by atoms with van der Waals surface area (Å²) in [5.41, 5.74) is 7.98. The molecule has 0 radical (unpaired) electrons. The molecule has 0 saturated carbocycles. The number of hydrogen-bond donors (Lipinski definition) is 1. The molecule has 0 bridgehead atoms. The first-order valence-electron chi connectivity index (χ1n) is 11.1. The van der Waals surface area contributed by atoms with Gasteiger partial charge in [-0.15, -0.1) is 0 Å². The smallest absolute Gasteiger partial charge is 0.185 e. The van der Waals surface area contributed by atoms with E-state index < -0.39 is 20.1 Å². The molecular formula is C23H30N4O5S. The number of rotatable bonds is 4. The molecule has 178 valence electrons. The minimum absolute atomic E-state index is 0.00367. The Morgan fingerprint density at radius 1 is 1.15 bits per heavy atom. The van der Waals surface area contributed by atoms with Crippen molar-refractivity contribution >= 4 is 15.7 Å². The lowest BCUT2D eigenvalue weighted by molar-refractivity contribution is -0.0568. The fraction of sp³-hybridized carbons (Fsp3) is 0.565. The molecule has 2 aromatic rings. The average Bonchev–Trinajstić information content (AvgIpc) is 2.75. The number of hydrogen-bond acceptors (Lipinski definition) is 9. The molecule has 0 unspecified atom stereocenters. The first kappa shape index (κ1) is 22.5. The Kier molecular flexibility index (Phi) is 5.20. The Bertz CT molecular complexity index is 1200. The summed E-state index contributed by atoms with van der Waals surface area (Å²) in [7, 11) is -3.51. The van der Waals surface area contributed by atoms with Crippen LogP contribution >= 0.6 is 0 Å². The van der Waals surface area contributed by atoms with E-state index in [0.29, 0.717) is 56.1 Å². The molecule has 33 heavy (non-hydrogen) atoms. The van der Waals surface area contributed by atoms with Crippen LogP contribution in [0.5, 0.6) is 5.75 Å². The van der Waals surface area contributed by atoms with Gasteiger partial charge in [0.05, 0.1) is 44.1 Å². The summed E-state index contributed by atoms with van der Waals surface area (Å²) in [6.45, 7) is 7.76. The van der Waals surface area contributed by atoms with E-state index in [-0.39, 0.29) is 12.1 Å². The molecule has 2 atom stereocenters. The topological polar surface area (TPSA) is 117 Å². The van der Waals surface area contributed by atoms with Crippen molar-refractivity contribution in [2.75, 3.05) is 44.2 Å². The average molecular weight is 475 g/mol. The van der Waals surface area contributed by atoms with Crippen molar-refractivity contribution in [3.63, 3.8) is 0 Å². The van der Waals surface area contributed by atoms with Gasteiger partial charge in [-0.05, 0) is 32.4 Å². The molecule has 0 amide bonds. The standard InChI is InChI=1S/C23H30N4O5S/c1-14-9-30-10-17-11-32-18-19(22(2,3)33(4,28)29)25-20(26-21(18)27(14)17)15-6-5-7-16(8-15)23(24)12-31-13-23/h5-8,14,17H,9-13,24H2,1-4H3/t14-,17+/m1/s1. The molecule has 9 nitrogen and oxygen atoms in total. The SMILES string of the molecule is C[C@@H]1COC[C@H]2COc3c(nc(-c4cccc(C5(N)COC5)c4)nc3C(C)(C)S(C)(=O)=O)N21. The number of anilines is 1. The van der Waals surface area contributed by atoms with Crippen molar-refractivity contribution < 1.29 is 22.6 Å². The van der Waals surface area contributed by atoms with Gasteiger partial charge in [-0.25, -0.2) is 18.4 Å². The zero-order valence-corrected chi connectivity index (χ0v) is 20.2. The molecule has 3 aliphatic heterocycles. The molecule has 2 fully saturated rings. The molecule has 1 aromatic heterocycles. The van der Waals surface area contributed by atoms with Crippen LogP contribution in [0.1, 0.15) is 32.0 Å². The van der Waals surface area contributed by atoms with E-state index in [9.17, 15) is 8.42 Å². The summed E-state index contributed by atoms with van der Waals surface area (Å²) in [6.07, 6.45) is 1.22. The van der Waals surface area contributed by atoms with E-state index in [1.165, 1.54) is 6.26 Å². The van der Waals surface area contributed by atoms with Crippen LogP contribution in [0.15, 0.2) is 24.3 Å². The second kappa shape index (κ2) is 7.63. The molecule has 1 aromatic carbocycles. The summed E-state index contributed by atoms with van der Waals surface area (Å²) in [5.74, 6) is 1.48. The molecule has 5 rings (SSSR count). The highest BCUT2D eigenvalue weighted by atomic mass is 32.2. The lowest BCUT2D eigenvalue weighted by Crippen LogP contribution is -2.56. The Morgan fingerprint density at radius 2 is 1.91 bits per heavy atom. The fourth-order valence-electron chi connectivity index (χ4n) is 4.50. The number of nitrogens with zero attached hydrogens (tertiary/aromatic N) is 3. The molecule has 10 heteroatoms. The molecule has 2 saturated heterocycles. The van der Waals surface area contributed by atoms with Crippen LogP contribution in [0.25, 0.3) is 11.4 Å². The third-order valence-corrected chi connectivity index (χ3v) is 9.01. The van der Waals surface area contributed by atoms with Crippen molar-refractivity contribution in [3.8, 4) is 17.1 Å². The summed E-state index contributed by atoms with van der Waals surface area (Å²) < 4.78 is 41.4. The van der Waals surface area contributed by atoms with Gasteiger partial charge >= 0.3 is 0 Å². The van der Waals surface area contributed by atoms with Crippen LogP contribution in [-0.4, -0.2) is 69.8 Å². The lowest BCUT2D eigenvalue weighted by Gasteiger charge is -2.45. The predicted molar refractivity (Wildman–Crippen MR) is 124 cm³/mol. The van der Waals surface area contributed by atoms with Gasteiger partial charge < -0.3 is 24.8 Å². The maximum absolute atomic E-state index is 12.8. The van der Waals surface area contributed by atoms with E-state index in [2.05, 4.69) is 11.8 Å². The quantitative estimate of drug-likeness (QED) is 0.705. The third-order valence-electron chi connectivity index (χ3n) is 6.96. The van der Waals surface area contributed by atoms with Gasteiger partial charge in [0.1, 0.15) is 17.0 Å². The molecule has 0 aliphatic carbocycles. The first-order chi connectivity index (χ1) is 15.5. The number of morpholine rings is 1. The second-order valence-electron chi connectivity index (χ2n) is 9.82. The van der Waals surface area contributed by atoms with Crippen molar-refractivity contribution in [3.05, 3.63) is 35.5 Å². The van der Waals surface area contributed by atoms with Crippen molar-refractivity contribution in [2.45, 2.75) is 43.1 Å². The summed E-state index contributed by atoms with van der Waals surface area (Å²) in [5, 5.41) is 0. The van der Waals surface area contributed by atoms with Crippen molar-refractivity contribution in [2.24, 2.45) is 5.73 Å². The molecule has 0 spiro atoms. The third kappa shape index (κ3) is 3.60. The number of sulfone groups is 1. The Hall–Kier alpha value is -2.27. The minimum Gasteiger partial charge on any atom is -0.486 e. The van der Waals surface area contributed by atoms with E-state index in [1.54, 1.807) is 13.8 Å². The highest BCUT2D eigenvalue weighted by Gasteiger charge is 2.44. The molecule has 4 heterocycles. The zero-order valence-electron chi connectivity index (χ0n) is 19.4. The highest BCUT2D eigenvalue weighted by Crippen LogP contribution is 2.44. The normalized spacial score (nSPS) is 24.3. The van der Waals surface area contributed by atoms with E-state index in [0.717, 1.165) is 11.1 Å². The lowest BCUT2D eigenvalue weighted by atomic mass is 9.88. The van der Waals surface area contributed by atoms with Crippen LogP contribution in [-0.2, 0) is 29.6 Å². The number of benzene rings is 1. The Morgan fingerprint density at radius 3 is 2.58 bits per heavy atom. The number of aromatic nitrogens is 2. The molecular weight excluding hydrogens is 444 g/mol. The summed E-state index contributed by atoms with van der Waals surface area (Å²) in [4.78, 5) is 11.9. The van der Waals surface area contributed by atoms with Crippen LogP contribution < -0.4 is 15.4 Å². The van der Waals surface area contributed by atoms with Gasteiger partial charge in [-0.1, -0.05) is 18.2 Å². The maximum Gasteiger partial charge on any atom is 0.185 e. The molecule has 2 N–H and O–H groups in total. The van der Waals surface area contributed by atoms with E-state index in [1.807, 2.05) is 24.3 Å². The largest absolute Gasteiger partial charge is 0.486 e. The zero-order chi connectivity index (χ0) is 23.6. The Labute approximate surface area is 194 Å². The van der Waals surface area contributed by atoms with Gasteiger partial charge in [0.25, 0.3) is 0 Å². The van der Waals surface area contributed by atoms with Crippen LogP contribution in [0.4, 0.5) is 5.82 Å². The number of nitrogens with two attached hydrogens (primary N) is 1. The predicted octanol–water partition coefficient (Wildman–Crippen LogP) is 1.59. The van der Waals surface area contributed by atoms with Crippen LogP contribution in [0.3, 0.4) is 0 Å². The van der Waals surface area contributed by atoms with Gasteiger partial charge in [0, 0.05) is 11.8 Å². The fourth-order valence-corrected chi connectivity index (χ4v) is 4.99. The highest BCUT2D eigenvalue weighted by molar-refractivity contribution is 7.91. The number of ether oxygens (including phenoxy) is 3. The minimum atomic E-state index is -3.51. The van der Waals surface area contributed by atoms with Gasteiger partial charge in [0.15, 0.2) is 27.2 Å². The van der Waals surface area contributed by atoms with Gasteiger partial charge in [-0.3, -0.25) is 0 Å². The molecule has 3 aliphatic rings. The van der Waals surface area contributed by atoms with E-state index >= 15 is 0 Å². The summed E-state index contributed by atoms with van der Waals surface area (Å²) in [6, 6.07) is 7.83. The monoisotopic (exact) mass is 474 g/mol. The van der Waals surface area contributed by atoms with Crippen molar-refractivity contribution in [1.82, 2.24) is 9.97 Å². The Balaban J connectivity index is 1.71. The summed E-state index contributed by atoms with van der Waals surface area (Å²) >= 11 is 0. The first-order valence-corrected chi connectivity index (χ1v) is 13.0. The number of fused-ring (bicyclic) bond motifs is 3. The van der Waals surface area contributed by atoms with Gasteiger partial charge in [0.2, 0.25) is 0 Å². The van der Waals surface area contributed by atoms with Crippen LogP contribution in [0, 0.1) is 0 Å². The van der Waals surface area contributed by atoms with Crippen molar-refractivity contribution in [1.29, 1.82) is 0 Å². The van der Waals surface area contributed by atoms with Gasteiger partial charge in [-0.2, -0.15) is 0 Å². The van der Waals surface area contributed by atoms with Crippen LogP contribution in [0.2, 0.25) is 0 Å². The van der Waals surface area contributed by atoms with E-state index in [4.69, 9.17) is 29.9 Å².